The van der Waals surface area contributed by atoms with Crippen LogP contribution in [0.2, 0.25) is 0 Å². The first-order valence-corrected chi connectivity index (χ1v) is 9.90. The molecule has 0 bridgehead atoms. The van der Waals surface area contributed by atoms with Gasteiger partial charge in [-0.15, -0.1) is 11.3 Å². The van der Waals surface area contributed by atoms with E-state index in [1.807, 2.05) is 4.90 Å². The smallest absolute Gasteiger partial charge is 0.345 e. The Morgan fingerprint density at radius 3 is 2.80 bits per heavy atom. The van der Waals surface area contributed by atoms with Crippen LogP contribution in [0.15, 0.2) is 6.07 Å². The van der Waals surface area contributed by atoms with Gasteiger partial charge in [0.1, 0.15) is 10.5 Å². The van der Waals surface area contributed by atoms with E-state index in [-0.39, 0.29) is 6.03 Å². The average molecular weight is 366 g/mol. The van der Waals surface area contributed by atoms with E-state index in [9.17, 15) is 14.7 Å². The minimum Gasteiger partial charge on any atom is -0.477 e. The van der Waals surface area contributed by atoms with E-state index < -0.39 is 11.6 Å². The normalized spacial score (nSPS) is 18.8. The summed E-state index contributed by atoms with van der Waals surface area (Å²) in [5, 5.41) is 12.3. The summed E-state index contributed by atoms with van der Waals surface area (Å²) in [6.45, 7) is 4.76. The van der Waals surface area contributed by atoms with Crippen LogP contribution >= 0.6 is 11.3 Å². The molecule has 0 unspecified atom stereocenters. The van der Waals surface area contributed by atoms with Crippen molar-refractivity contribution in [3.8, 4) is 0 Å². The fourth-order valence-electron chi connectivity index (χ4n) is 3.65. The van der Waals surface area contributed by atoms with E-state index >= 15 is 0 Å². The fraction of sp³-hybridized carbons (Fsp3) is 0.667. The number of carboxylic acid groups (broad SMARTS) is 1. The molecule has 0 saturated carbocycles. The summed E-state index contributed by atoms with van der Waals surface area (Å²) < 4.78 is 6.13. The molecular formula is C18H26N2O4S. The summed E-state index contributed by atoms with van der Waals surface area (Å²) in [5.74, 6) is -0.876. The van der Waals surface area contributed by atoms with Gasteiger partial charge in [0, 0.05) is 24.5 Å². The molecule has 1 spiro atoms. The highest BCUT2D eigenvalue weighted by Gasteiger charge is 2.43. The molecule has 7 heteroatoms. The molecule has 2 aliphatic heterocycles. The second-order valence-electron chi connectivity index (χ2n) is 6.79. The lowest BCUT2D eigenvalue weighted by Gasteiger charge is -2.43. The Balaban J connectivity index is 1.62. The molecule has 6 nitrogen and oxygen atoms in total. The number of nitrogens with one attached hydrogen (secondary N) is 1. The fourth-order valence-corrected chi connectivity index (χ4v) is 4.90. The molecule has 138 valence electrons. The number of urea groups is 1. The quantitative estimate of drug-likeness (QED) is 0.785. The zero-order chi connectivity index (χ0) is 17.9. The van der Waals surface area contributed by atoms with Gasteiger partial charge in [-0.25, -0.2) is 9.59 Å². The van der Waals surface area contributed by atoms with Crippen LogP contribution in [0.4, 0.5) is 4.79 Å². The largest absolute Gasteiger partial charge is 0.477 e. The van der Waals surface area contributed by atoms with Gasteiger partial charge < -0.3 is 20.1 Å². The van der Waals surface area contributed by atoms with Crippen LogP contribution in [-0.4, -0.2) is 48.2 Å². The minimum atomic E-state index is -0.876. The van der Waals surface area contributed by atoms with Gasteiger partial charge in [-0.3, -0.25) is 0 Å². The van der Waals surface area contributed by atoms with Crippen LogP contribution in [-0.2, 0) is 16.8 Å². The summed E-state index contributed by atoms with van der Waals surface area (Å²) in [4.78, 5) is 26.8. The maximum atomic E-state index is 12.3. The van der Waals surface area contributed by atoms with Gasteiger partial charge in [-0.05, 0) is 37.3 Å². The number of aromatic carboxylic acids is 1. The first kappa shape index (κ1) is 18.2. The lowest BCUT2D eigenvalue weighted by atomic mass is 9.85. The third kappa shape index (κ3) is 3.82. The van der Waals surface area contributed by atoms with Crippen molar-refractivity contribution < 1.29 is 19.4 Å². The molecule has 2 aliphatic rings. The molecule has 1 aromatic heterocycles. The van der Waals surface area contributed by atoms with Crippen molar-refractivity contribution in [2.45, 2.75) is 51.0 Å². The third-order valence-electron chi connectivity index (χ3n) is 5.10. The number of carbonyl (C=O) groups is 2. The standard InChI is InChI=1S/C18H26N2O4S/c1-2-3-4-8-19-17(23)20-9-6-18(7-10-20)15-13(5-11-24-18)12-14(25-15)16(21)22/h12H,2-11H2,1H3,(H,19,23)(H,21,22). The Bertz CT molecular complexity index is 635. The van der Waals surface area contributed by atoms with Crippen LogP contribution in [0.5, 0.6) is 0 Å². The number of fused-ring (bicyclic) bond motifs is 2. The highest BCUT2D eigenvalue weighted by atomic mass is 32.1. The molecule has 1 fully saturated rings. The Labute approximate surface area is 152 Å². The Morgan fingerprint density at radius 2 is 2.12 bits per heavy atom. The first-order valence-electron chi connectivity index (χ1n) is 9.09. The molecule has 3 rings (SSSR count). The second-order valence-corrected chi connectivity index (χ2v) is 7.84. The van der Waals surface area contributed by atoms with E-state index in [0.717, 1.165) is 55.5 Å². The number of likely N-dealkylation sites (tertiary alicyclic amines) is 1. The number of thiophene rings is 1. The summed E-state index contributed by atoms with van der Waals surface area (Å²) in [5.41, 5.74) is 0.691. The molecule has 2 N–H and O–H groups in total. The minimum absolute atomic E-state index is 0.000564. The molecule has 0 radical (unpaired) electrons. The van der Waals surface area contributed by atoms with E-state index in [0.29, 0.717) is 24.6 Å². The molecule has 1 saturated heterocycles. The monoisotopic (exact) mass is 366 g/mol. The number of rotatable bonds is 5. The molecule has 2 amide bonds. The van der Waals surface area contributed by atoms with E-state index in [4.69, 9.17) is 4.74 Å². The van der Waals surface area contributed by atoms with Crippen molar-refractivity contribution in [3.05, 3.63) is 21.4 Å². The van der Waals surface area contributed by atoms with E-state index in [1.165, 1.54) is 11.3 Å². The van der Waals surface area contributed by atoms with Crippen molar-refractivity contribution in [3.63, 3.8) is 0 Å². The van der Waals surface area contributed by atoms with Crippen molar-refractivity contribution in [1.82, 2.24) is 10.2 Å². The van der Waals surface area contributed by atoms with Gasteiger partial charge in [-0.2, -0.15) is 0 Å². The predicted octanol–water partition coefficient (Wildman–Crippen LogP) is 3.21. The van der Waals surface area contributed by atoms with Crippen LogP contribution in [0, 0.1) is 0 Å². The zero-order valence-electron chi connectivity index (χ0n) is 14.7. The zero-order valence-corrected chi connectivity index (χ0v) is 15.5. The number of ether oxygens (including phenoxy) is 1. The SMILES string of the molecule is CCCCCNC(=O)N1CCC2(CC1)OCCc1cc(C(=O)O)sc12. The maximum absolute atomic E-state index is 12.3. The van der Waals surface area contributed by atoms with E-state index in [2.05, 4.69) is 12.2 Å². The van der Waals surface area contributed by atoms with Crippen LogP contribution in [0.3, 0.4) is 0 Å². The summed E-state index contributed by atoms with van der Waals surface area (Å²) in [6, 6.07) is 1.79. The van der Waals surface area contributed by atoms with Crippen molar-refractivity contribution in [1.29, 1.82) is 0 Å². The molecule has 0 atom stereocenters. The molecule has 0 aromatic carbocycles. The van der Waals surface area contributed by atoms with Gasteiger partial charge >= 0.3 is 12.0 Å². The van der Waals surface area contributed by atoms with Crippen molar-refractivity contribution in [2.24, 2.45) is 0 Å². The summed E-state index contributed by atoms with van der Waals surface area (Å²) in [6.07, 6.45) is 5.50. The summed E-state index contributed by atoms with van der Waals surface area (Å²) >= 11 is 1.33. The second kappa shape index (κ2) is 7.74. The number of hydrogen-bond donors (Lipinski definition) is 2. The van der Waals surface area contributed by atoms with Crippen LogP contribution in [0.1, 0.15) is 59.1 Å². The Hall–Kier alpha value is -1.60. The first-order chi connectivity index (χ1) is 12.1. The maximum Gasteiger partial charge on any atom is 0.345 e. The number of carboxylic acids is 1. The Kier molecular flexibility index (Phi) is 5.64. The van der Waals surface area contributed by atoms with Crippen molar-refractivity contribution >= 4 is 23.3 Å². The topological polar surface area (TPSA) is 78.9 Å². The summed E-state index contributed by atoms with van der Waals surface area (Å²) in [7, 11) is 0. The predicted molar refractivity (Wildman–Crippen MR) is 96.3 cm³/mol. The van der Waals surface area contributed by atoms with Gasteiger partial charge in [-0.1, -0.05) is 19.8 Å². The van der Waals surface area contributed by atoms with Crippen LogP contribution < -0.4 is 5.32 Å². The number of piperidine rings is 1. The lowest BCUT2D eigenvalue weighted by Crippen LogP contribution is -2.50. The number of unbranched alkanes of at least 4 members (excludes halogenated alkanes) is 2. The number of nitrogens with zero attached hydrogens (tertiary/aromatic N) is 1. The highest BCUT2D eigenvalue weighted by Crippen LogP contribution is 2.45. The van der Waals surface area contributed by atoms with Gasteiger partial charge in [0.2, 0.25) is 0 Å². The molecule has 1 aromatic rings. The van der Waals surface area contributed by atoms with Crippen molar-refractivity contribution in [2.75, 3.05) is 26.2 Å². The number of amides is 2. The average Bonchev–Trinajstić information content (AvgIpc) is 3.06. The van der Waals surface area contributed by atoms with Gasteiger partial charge in [0.05, 0.1) is 6.61 Å². The Morgan fingerprint density at radius 1 is 1.36 bits per heavy atom. The number of carbonyl (C=O) groups excluding carboxylic acids is 1. The molecule has 3 heterocycles. The molecule has 25 heavy (non-hydrogen) atoms. The third-order valence-corrected chi connectivity index (χ3v) is 6.45. The van der Waals surface area contributed by atoms with E-state index in [1.54, 1.807) is 6.07 Å². The molecule has 0 aliphatic carbocycles. The van der Waals surface area contributed by atoms with Gasteiger partial charge in [0.25, 0.3) is 0 Å². The van der Waals surface area contributed by atoms with Gasteiger partial charge in [0.15, 0.2) is 0 Å². The highest BCUT2D eigenvalue weighted by molar-refractivity contribution is 7.14. The molecular weight excluding hydrogens is 340 g/mol. The number of hydrogen-bond acceptors (Lipinski definition) is 4. The lowest BCUT2D eigenvalue weighted by molar-refractivity contribution is -0.0896. The van der Waals surface area contributed by atoms with Crippen LogP contribution in [0.25, 0.3) is 0 Å².